The van der Waals surface area contributed by atoms with E-state index in [0.29, 0.717) is 6.42 Å². The highest BCUT2D eigenvalue weighted by Crippen LogP contribution is 2.22. The van der Waals surface area contributed by atoms with Crippen molar-refractivity contribution in [2.24, 2.45) is 0 Å². The number of hydrogen-bond acceptors (Lipinski definition) is 7. The molecule has 0 aromatic heterocycles. The van der Waals surface area contributed by atoms with E-state index in [-0.39, 0.29) is 26.3 Å². The van der Waals surface area contributed by atoms with E-state index >= 15 is 0 Å². The summed E-state index contributed by atoms with van der Waals surface area (Å²) < 4.78 is 10.8. The summed E-state index contributed by atoms with van der Waals surface area (Å²) in [6.45, 7) is 6.03. The Kier molecular flexibility index (Phi) is 13.5. The Hall–Kier alpha value is -3.72. The van der Waals surface area contributed by atoms with Gasteiger partial charge in [-0.15, -0.1) is 0 Å². The van der Waals surface area contributed by atoms with Gasteiger partial charge in [-0.3, -0.25) is 14.9 Å². The molecule has 0 spiro atoms. The van der Waals surface area contributed by atoms with Crippen LogP contribution in [0.3, 0.4) is 0 Å². The summed E-state index contributed by atoms with van der Waals surface area (Å²) in [5.41, 5.74) is 1.68. The maximum atomic E-state index is 13.8. The number of carbonyl (C=O) groups excluding carboxylic acids is 4. The number of carbonyl (C=O) groups is 4. The summed E-state index contributed by atoms with van der Waals surface area (Å²) in [6, 6.07) is 15.3. The van der Waals surface area contributed by atoms with Crippen molar-refractivity contribution in [1.82, 2.24) is 15.1 Å². The first kappa shape index (κ1) is 32.8. The topological polar surface area (TPSA) is 105 Å². The van der Waals surface area contributed by atoms with Crippen LogP contribution < -0.4 is 5.32 Å². The molecule has 3 rings (SSSR count). The number of rotatable bonds is 17. The van der Waals surface area contributed by atoms with Gasteiger partial charge in [-0.25, -0.2) is 14.5 Å². The summed E-state index contributed by atoms with van der Waals surface area (Å²) in [5, 5.41) is 3.09. The van der Waals surface area contributed by atoms with Gasteiger partial charge in [0.25, 0.3) is 0 Å². The van der Waals surface area contributed by atoms with Gasteiger partial charge in [-0.2, -0.15) is 0 Å². The molecule has 228 valence electrons. The predicted octanol–water partition coefficient (Wildman–Crippen LogP) is 5.22. The quantitative estimate of drug-likeness (QED) is 0.202. The van der Waals surface area contributed by atoms with E-state index in [1.807, 2.05) is 60.7 Å². The van der Waals surface area contributed by atoms with E-state index in [0.717, 1.165) is 48.1 Å². The smallest absolute Gasteiger partial charge is 0.331 e. The fourth-order valence-electron chi connectivity index (χ4n) is 5.07. The molecular weight excluding hydrogens is 534 g/mol. The third kappa shape index (κ3) is 9.69. The van der Waals surface area contributed by atoms with Crippen molar-refractivity contribution in [1.29, 1.82) is 0 Å². The van der Waals surface area contributed by atoms with Crippen molar-refractivity contribution < 1.29 is 28.7 Å². The molecule has 1 heterocycles. The molecule has 2 aromatic carbocycles. The first-order valence-corrected chi connectivity index (χ1v) is 15.1. The van der Waals surface area contributed by atoms with Crippen molar-refractivity contribution in [2.45, 2.75) is 97.0 Å². The predicted molar refractivity (Wildman–Crippen MR) is 160 cm³/mol. The van der Waals surface area contributed by atoms with Crippen LogP contribution in [-0.2, 0) is 37.0 Å². The third-order valence-electron chi connectivity index (χ3n) is 7.37. The van der Waals surface area contributed by atoms with Crippen LogP contribution in [0.4, 0.5) is 4.79 Å². The van der Waals surface area contributed by atoms with Gasteiger partial charge in [0.15, 0.2) is 6.04 Å². The molecule has 0 bridgehead atoms. The minimum Gasteiger partial charge on any atom is -0.465 e. The van der Waals surface area contributed by atoms with E-state index in [4.69, 9.17) is 9.47 Å². The van der Waals surface area contributed by atoms with E-state index in [2.05, 4.69) is 12.2 Å². The normalized spacial score (nSPS) is 16.3. The average molecular weight is 580 g/mol. The Labute approximate surface area is 249 Å². The molecule has 3 atom stereocenters. The second-order valence-electron chi connectivity index (χ2n) is 10.7. The molecule has 0 aliphatic carbocycles. The van der Waals surface area contributed by atoms with E-state index < -0.39 is 42.0 Å². The van der Waals surface area contributed by atoms with Crippen LogP contribution in [0.1, 0.15) is 76.8 Å². The average Bonchev–Trinajstić information content (AvgIpc) is 3.32. The fourth-order valence-corrected chi connectivity index (χ4v) is 5.07. The molecule has 3 amide bonds. The summed E-state index contributed by atoms with van der Waals surface area (Å²) in [4.78, 5) is 55.8. The van der Waals surface area contributed by atoms with E-state index in [9.17, 15) is 19.2 Å². The highest BCUT2D eigenvalue weighted by atomic mass is 16.5. The largest absolute Gasteiger partial charge is 0.465 e. The maximum Gasteiger partial charge on any atom is 0.331 e. The van der Waals surface area contributed by atoms with Gasteiger partial charge in [0.1, 0.15) is 12.6 Å². The first-order chi connectivity index (χ1) is 20.3. The van der Waals surface area contributed by atoms with Crippen LogP contribution in [0.5, 0.6) is 0 Å². The SMILES string of the molecule is CCCCCCCC[C@H](N[C@@H](C)C(=O)N1C(=O)N(Cc2ccccc2)C[C@H]1C(=O)OCc1ccccc1)C(=O)OCC. The van der Waals surface area contributed by atoms with Crippen molar-refractivity contribution in [3.8, 4) is 0 Å². The molecule has 0 saturated carbocycles. The van der Waals surface area contributed by atoms with Crippen LogP contribution in [0.2, 0.25) is 0 Å². The summed E-state index contributed by atoms with van der Waals surface area (Å²) >= 11 is 0. The number of esters is 2. The van der Waals surface area contributed by atoms with Crippen LogP contribution in [0.25, 0.3) is 0 Å². The number of urea groups is 1. The van der Waals surface area contributed by atoms with Gasteiger partial charge in [0.05, 0.1) is 19.2 Å². The standard InChI is InChI=1S/C33H45N3O6/c1-4-6-7-8-9-16-21-28(31(38)41-5-2)34-25(3)30(37)36-29(32(39)42-24-27-19-14-11-15-20-27)23-35(33(36)40)22-26-17-12-10-13-18-26/h10-15,17-20,25,28-29,34H,4-9,16,21-24H2,1-3H3/t25-,28-,29-/m0/s1. The zero-order valence-corrected chi connectivity index (χ0v) is 25.1. The van der Waals surface area contributed by atoms with Crippen LogP contribution in [-0.4, -0.2) is 65.0 Å². The number of benzene rings is 2. The Morgan fingerprint density at radius 3 is 2.14 bits per heavy atom. The number of nitrogens with zero attached hydrogens (tertiary/aromatic N) is 2. The molecule has 0 radical (unpaired) electrons. The molecule has 1 N–H and O–H groups in total. The zero-order chi connectivity index (χ0) is 30.3. The lowest BCUT2D eigenvalue weighted by Gasteiger charge is -2.26. The Bertz CT molecular complexity index is 1140. The number of ether oxygens (including phenoxy) is 2. The molecule has 1 saturated heterocycles. The van der Waals surface area contributed by atoms with E-state index in [1.165, 1.54) is 11.3 Å². The van der Waals surface area contributed by atoms with Crippen LogP contribution >= 0.6 is 0 Å². The lowest BCUT2D eigenvalue weighted by molar-refractivity contribution is -0.153. The van der Waals surface area contributed by atoms with Gasteiger partial charge in [-0.05, 0) is 31.4 Å². The van der Waals surface area contributed by atoms with Gasteiger partial charge >= 0.3 is 18.0 Å². The highest BCUT2D eigenvalue weighted by molar-refractivity contribution is 6.03. The number of hydrogen-bond donors (Lipinski definition) is 1. The molecule has 0 unspecified atom stereocenters. The minimum absolute atomic E-state index is 0.0128. The highest BCUT2D eigenvalue weighted by Gasteiger charge is 2.47. The Morgan fingerprint density at radius 2 is 1.50 bits per heavy atom. The number of amides is 3. The maximum absolute atomic E-state index is 13.8. The van der Waals surface area contributed by atoms with Crippen LogP contribution in [0.15, 0.2) is 60.7 Å². The van der Waals surface area contributed by atoms with E-state index in [1.54, 1.807) is 13.8 Å². The monoisotopic (exact) mass is 579 g/mol. The number of unbranched alkanes of at least 4 members (excludes halogenated alkanes) is 5. The zero-order valence-electron chi connectivity index (χ0n) is 25.1. The van der Waals surface area contributed by atoms with Crippen molar-refractivity contribution >= 4 is 23.9 Å². The summed E-state index contributed by atoms with van der Waals surface area (Å²) in [5.74, 6) is -1.67. The number of nitrogens with one attached hydrogen (secondary N) is 1. The third-order valence-corrected chi connectivity index (χ3v) is 7.37. The molecule has 1 fully saturated rings. The molecule has 9 heteroatoms. The molecule has 42 heavy (non-hydrogen) atoms. The minimum atomic E-state index is -1.11. The van der Waals surface area contributed by atoms with Gasteiger partial charge in [-0.1, -0.05) is 106 Å². The van der Waals surface area contributed by atoms with Gasteiger partial charge < -0.3 is 14.4 Å². The summed E-state index contributed by atoms with van der Waals surface area (Å²) in [6.07, 6.45) is 6.89. The summed E-state index contributed by atoms with van der Waals surface area (Å²) in [7, 11) is 0. The Morgan fingerprint density at radius 1 is 0.881 bits per heavy atom. The Balaban J connectivity index is 1.72. The van der Waals surface area contributed by atoms with Crippen molar-refractivity contribution in [2.75, 3.05) is 13.2 Å². The fraction of sp³-hybridized carbons (Fsp3) is 0.515. The second kappa shape index (κ2) is 17.3. The molecule has 2 aromatic rings. The lowest BCUT2D eigenvalue weighted by atomic mass is 10.0. The number of imide groups is 1. The van der Waals surface area contributed by atoms with Crippen LogP contribution in [0, 0.1) is 0 Å². The molecular formula is C33H45N3O6. The van der Waals surface area contributed by atoms with Crippen molar-refractivity contribution in [3.05, 3.63) is 71.8 Å². The first-order valence-electron chi connectivity index (χ1n) is 15.1. The van der Waals surface area contributed by atoms with Gasteiger partial charge in [0.2, 0.25) is 5.91 Å². The molecule has 1 aliphatic rings. The van der Waals surface area contributed by atoms with Gasteiger partial charge in [0, 0.05) is 6.54 Å². The second-order valence-corrected chi connectivity index (χ2v) is 10.7. The molecule has 9 nitrogen and oxygen atoms in total. The van der Waals surface area contributed by atoms with Crippen molar-refractivity contribution in [3.63, 3.8) is 0 Å². The lowest BCUT2D eigenvalue weighted by Crippen LogP contribution is -2.55. The molecule has 1 aliphatic heterocycles.